The average molecular weight is 426 g/mol. The zero-order valence-corrected chi connectivity index (χ0v) is 18.7. The van der Waals surface area contributed by atoms with Gasteiger partial charge in [0.2, 0.25) is 15.9 Å². The highest BCUT2D eigenvalue weighted by atomic mass is 32.2. The molecule has 0 amide bonds. The molecular formula is C19H31N5O4S. The van der Waals surface area contributed by atoms with Crippen LogP contribution in [-0.4, -0.2) is 58.4 Å². The lowest BCUT2D eigenvalue weighted by molar-refractivity contribution is 0.0198. The summed E-state index contributed by atoms with van der Waals surface area (Å²) in [6.45, 7) is 9.00. The van der Waals surface area contributed by atoms with Gasteiger partial charge in [-0.05, 0) is 32.6 Å². The van der Waals surface area contributed by atoms with Crippen molar-refractivity contribution in [2.24, 2.45) is 13.0 Å². The summed E-state index contributed by atoms with van der Waals surface area (Å²) >= 11 is 0. The second kappa shape index (κ2) is 8.93. The number of rotatable bonds is 8. The summed E-state index contributed by atoms with van der Waals surface area (Å²) in [5, 5.41) is 8.24. The number of ether oxygens (including phenoxy) is 1. The third-order valence-electron chi connectivity index (χ3n) is 5.15. The van der Waals surface area contributed by atoms with Gasteiger partial charge < -0.3 is 9.26 Å². The van der Waals surface area contributed by atoms with Crippen molar-refractivity contribution in [2.45, 2.75) is 64.4 Å². The number of hydrogen-bond donors (Lipinski definition) is 0. The quantitative estimate of drug-likeness (QED) is 0.637. The Morgan fingerprint density at radius 1 is 1.31 bits per heavy atom. The van der Waals surface area contributed by atoms with E-state index in [4.69, 9.17) is 9.26 Å². The molecule has 1 aliphatic heterocycles. The van der Waals surface area contributed by atoms with Crippen molar-refractivity contribution in [3.8, 4) is 0 Å². The predicted octanol–water partition coefficient (Wildman–Crippen LogP) is 2.03. The predicted molar refractivity (Wildman–Crippen MR) is 107 cm³/mol. The fourth-order valence-electron chi connectivity index (χ4n) is 3.66. The summed E-state index contributed by atoms with van der Waals surface area (Å²) in [6, 6.07) is 0. The largest absolute Gasteiger partial charge is 0.376 e. The van der Waals surface area contributed by atoms with Crippen molar-refractivity contribution >= 4 is 10.0 Å². The molecule has 1 fully saturated rings. The summed E-state index contributed by atoms with van der Waals surface area (Å²) in [6.07, 6.45) is 2.77. The standard InChI is InChI=1S/C19H31N5O4S/c1-13(2)11-18-20-17(22-28-18)8-10-27-16-7-6-9-24(12-16)29(25,26)19-14(3)21-23(5)15(19)4/h13,16H,6-12H2,1-5H3. The van der Waals surface area contributed by atoms with E-state index in [0.29, 0.717) is 60.0 Å². The zero-order valence-electron chi connectivity index (χ0n) is 17.9. The van der Waals surface area contributed by atoms with Crippen LogP contribution in [0.15, 0.2) is 9.42 Å². The molecule has 9 nitrogen and oxygen atoms in total. The third-order valence-corrected chi connectivity index (χ3v) is 7.27. The van der Waals surface area contributed by atoms with Crippen molar-refractivity contribution in [1.82, 2.24) is 24.2 Å². The number of hydrogen-bond acceptors (Lipinski definition) is 7. The number of sulfonamides is 1. The fourth-order valence-corrected chi connectivity index (χ4v) is 5.57. The normalized spacial score (nSPS) is 18.6. The minimum atomic E-state index is -3.59. The molecule has 0 aromatic carbocycles. The van der Waals surface area contributed by atoms with Gasteiger partial charge in [0.25, 0.3) is 0 Å². The molecule has 1 aliphatic rings. The Labute approximate surface area is 172 Å². The van der Waals surface area contributed by atoms with E-state index in [0.717, 1.165) is 19.3 Å². The number of nitrogens with zero attached hydrogens (tertiary/aromatic N) is 5. The molecule has 10 heteroatoms. The van der Waals surface area contributed by atoms with Crippen LogP contribution in [0.2, 0.25) is 0 Å². The molecule has 2 aromatic heterocycles. The highest BCUT2D eigenvalue weighted by molar-refractivity contribution is 7.89. The van der Waals surface area contributed by atoms with Gasteiger partial charge in [-0.3, -0.25) is 4.68 Å². The highest BCUT2D eigenvalue weighted by Crippen LogP contribution is 2.26. The maximum absolute atomic E-state index is 13.2. The van der Waals surface area contributed by atoms with E-state index in [1.165, 1.54) is 4.31 Å². The van der Waals surface area contributed by atoms with E-state index in [2.05, 4.69) is 29.1 Å². The molecule has 0 bridgehead atoms. The van der Waals surface area contributed by atoms with E-state index in [1.807, 2.05) is 0 Å². The maximum atomic E-state index is 13.2. The Hall–Kier alpha value is -1.78. The molecular weight excluding hydrogens is 394 g/mol. The smallest absolute Gasteiger partial charge is 0.246 e. The Bertz CT molecular complexity index is 935. The monoisotopic (exact) mass is 425 g/mol. The Morgan fingerprint density at radius 3 is 2.72 bits per heavy atom. The molecule has 3 heterocycles. The van der Waals surface area contributed by atoms with Crippen molar-refractivity contribution in [2.75, 3.05) is 19.7 Å². The second-order valence-corrected chi connectivity index (χ2v) is 9.95. The molecule has 0 N–H and O–H groups in total. The van der Waals surface area contributed by atoms with Crippen LogP contribution < -0.4 is 0 Å². The van der Waals surface area contributed by atoms with Crippen LogP contribution in [-0.2, 0) is 34.6 Å². The molecule has 3 rings (SSSR count). The maximum Gasteiger partial charge on any atom is 0.246 e. The summed E-state index contributed by atoms with van der Waals surface area (Å²) < 4.78 is 40.6. The first-order chi connectivity index (χ1) is 13.7. The van der Waals surface area contributed by atoms with Crippen LogP contribution >= 0.6 is 0 Å². The van der Waals surface area contributed by atoms with Crippen LogP contribution in [0.4, 0.5) is 0 Å². The van der Waals surface area contributed by atoms with E-state index < -0.39 is 10.0 Å². The van der Waals surface area contributed by atoms with Gasteiger partial charge in [0, 0.05) is 33.0 Å². The van der Waals surface area contributed by atoms with Gasteiger partial charge in [-0.25, -0.2) is 8.42 Å². The lowest BCUT2D eigenvalue weighted by Crippen LogP contribution is -2.43. The van der Waals surface area contributed by atoms with E-state index in [-0.39, 0.29) is 6.10 Å². The molecule has 0 spiro atoms. The van der Waals surface area contributed by atoms with Gasteiger partial charge in [-0.2, -0.15) is 14.4 Å². The average Bonchev–Trinajstić information content (AvgIpc) is 3.18. The van der Waals surface area contributed by atoms with Gasteiger partial charge >= 0.3 is 0 Å². The molecule has 162 valence electrons. The molecule has 0 saturated carbocycles. The summed E-state index contributed by atoms with van der Waals surface area (Å²) in [5.74, 6) is 1.73. The summed E-state index contributed by atoms with van der Waals surface area (Å²) in [5.41, 5.74) is 1.18. The van der Waals surface area contributed by atoms with E-state index in [9.17, 15) is 8.42 Å². The molecule has 0 aliphatic carbocycles. The van der Waals surface area contributed by atoms with Crippen molar-refractivity contribution in [3.63, 3.8) is 0 Å². The first-order valence-electron chi connectivity index (χ1n) is 10.1. The van der Waals surface area contributed by atoms with Gasteiger partial charge in [-0.1, -0.05) is 19.0 Å². The van der Waals surface area contributed by atoms with Gasteiger partial charge in [-0.15, -0.1) is 0 Å². The minimum absolute atomic E-state index is 0.141. The lowest BCUT2D eigenvalue weighted by atomic mass is 10.1. The first-order valence-corrected chi connectivity index (χ1v) is 11.6. The number of piperidine rings is 1. The Morgan fingerprint density at radius 2 is 2.07 bits per heavy atom. The molecule has 1 saturated heterocycles. The van der Waals surface area contributed by atoms with Crippen LogP contribution in [0.3, 0.4) is 0 Å². The van der Waals surface area contributed by atoms with Gasteiger partial charge in [0.1, 0.15) is 4.90 Å². The highest BCUT2D eigenvalue weighted by Gasteiger charge is 2.34. The van der Waals surface area contributed by atoms with Crippen molar-refractivity contribution in [1.29, 1.82) is 0 Å². The Kier molecular flexibility index (Phi) is 6.75. The van der Waals surface area contributed by atoms with Crippen LogP contribution in [0.5, 0.6) is 0 Å². The van der Waals surface area contributed by atoms with Crippen molar-refractivity contribution in [3.05, 3.63) is 23.1 Å². The molecule has 0 radical (unpaired) electrons. The van der Waals surface area contributed by atoms with Gasteiger partial charge in [0.05, 0.1) is 24.1 Å². The van der Waals surface area contributed by atoms with Crippen molar-refractivity contribution < 1.29 is 17.7 Å². The van der Waals surface area contributed by atoms with E-state index >= 15 is 0 Å². The molecule has 1 unspecified atom stereocenters. The second-order valence-electron chi connectivity index (χ2n) is 8.07. The minimum Gasteiger partial charge on any atom is -0.376 e. The molecule has 29 heavy (non-hydrogen) atoms. The Balaban J connectivity index is 1.57. The summed E-state index contributed by atoms with van der Waals surface area (Å²) in [7, 11) is -1.83. The van der Waals surface area contributed by atoms with E-state index in [1.54, 1.807) is 25.6 Å². The number of aryl methyl sites for hydroxylation is 2. The third kappa shape index (κ3) is 5.04. The van der Waals surface area contributed by atoms with Gasteiger partial charge in [0.15, 0.2) is 5.82 Å². The van der Waals surface area contributed by atoms with Crippen LogP contribution in [0.1, 0.15) is 49.8 Å². The molecule has 1 atom stereocenters. The SMILES string of the molecule is Cc1nn(C)c(C)c1S(=O)(=O)N1CCCC(OCCc2noc(CC(C)C)n2)C1. The molecule has 2 aromatic rings. The summed E-state index contributed by atoms with van der Waals surface area (Å²) in [4.78, 5) is 4.69. The fraction of sp³-hybridized carbons (Fsp3) is 0.737. The van der Waals surface area contributed by atoms with Crippen LogP contribution in [0, 0.1) is 19.8 Å². The zero-order chi connectivity index (χ0) is 21.2. The number of aromatic nitrogens is 4. The van der Waals surface area contributed by atoms with Crippen LogP contribution in [0.25, 0.3) is 0 Å². The topological polar surface area (TPSA) is 103 Å². The first kappa shape index (κ1) is 21.9. The lowest BCUT2D eigenvalue weighted by Gasteiger charge is -2.31.